The van der Waals surface area contributed by atoms with Gasteiger partial charge in [-0.1, -0.05) is 12.1 Å². The maximum atomic E-state index is 11.5. The van der Waals surface area contributed by atoms with Crippen molar-refractivity contribution in [3.63, 3.8) is 0 Å². The van der Waals surface area contributed by atoms with E-state index in [0.717, 1.165) is 36.1 Å². The van der Waals surface area contributed by atoms with Gasteiger partial charge in [0.05, 0.1) is 18.2 Å². The highest BCUT2D eigenvalue weighted by Gasteiger charge is 2.42. The van der Waals surface area contributed by atoms with Gasteiger partial charge in [0.25, 0.3) is 0 Å². The van der Waals surface area contributed by atoms with E-state index in [1.54, 1.807) is 6.20 Å². The van der Waals surface area contributed by atoms with Crippen LogP contribution in [0.3, 0.4) is 0 Å². The minimum Gasteiger partial charge on any atom is -0.365 e. The highest BCUT2D eigenvalue weighted by molar-refractivity contribution is 5.49. The molecule has 1 aliphatic carbocycles. The number of aromatic nitrogens is 2. The first-order valence-corrected chi connectivity index (χ1v) is 7.45. The normalized spacial score (nSPS) is 22.7. The molecule has 0 radical (unpaired) electrons. The highest BCUT2D eigenvalue weighted by atomic mass is 16.5. The topological polar surface area (TPSA) is 78.8 Å². The van der Waals surface area contributed by atoms with Crippen molar-refractivity contribution in [1.29, 1.82) is 5.26 Å². The van der Waals surface area contributed by atoms with Crippen molar-refractivity contribution in [2.24, 2.45) is 0 Å². The minimum atomic E-state index is -0.503. The number of nitrogens with zero attached hydrogens (tertiary/aromatic N) is 2. The summed E-state index contributed by atoms with van der Waals surface area (Å²) in [5.74, 6) is 0. The van der Waals surface area contributed by atoms with Crippen LogP contribution in [0.2, 0.25) is 0 Å². The molecular formula is C17H15N3O2. The number of fused-ring (bicyclic) bond motifs is 3. The van der Waals surface area contributed by atoms with Crippen molar-refractivity contribution >= 4 is 0 Å². The van der Waals surface area contributed by atoms with E-state index in [9.17, 15) is 10.1 Å². The monoisotopic (exact) mass is 293 g/mol. The Morgan fingerprint density at radius 1 is 1.36 bits per heavy atom. The molecule has 0 amide bonds. The Bertz CT molecular complexity index is 850. The number of nitriles is 1. The van der Waals surface area contributed by atoms with Gasteiger partial charge in [-0.15, -0.1) is 0 Å². The Labute approximate surface area is 127 Å². The zero-order valence-electron chi connectivity index (χ0n) is 12.1. The molecule has 2 aliphatic rings. The van der Waals surface area contributed by atoms with Gasteiger partial charge < -0.3 is 9.72 Å². The van der Waals surface area contributed by atoms with Crippen molar-refractivity contribution in [3.05, 3.63) is 62.8 Å². The number of H-pyrrole nitrogens is 1. The smallest absolute Gasteiger partial charge is 0.345 e. The number of hydrogen-bond acceptors (Lipinski definition) is 4. The molecule has 2 heterocycles. The third-order valence-electron chi connectivity index (χ3n) is 4.70. The summed E-state index contributed by atoms with van der Waals surface area (Å²) in [4.78, 5) is 18.1. The van der Waals surface area contributed by atoms with Gasteiger partial charge in [0.2, 0.25) is 0 Å². The fourth-order valence-electron chi connectivity index (χ4n) is 3.74. The summed E-state index contributed by atoms with van der Waals surface area (Å²) in [6, 6.07) is 8.15. The predicted molar refractivity (Wildman–Crippen MR) is 79.1 cm³/mol. The van der Waals surface area contributed by atoms with Crippen LogP contribution in [0.25, 0.3) is 0 Å². The molecule has 1 spiro atoms. The number of ether oxygens (including phenoxy) is 1. The van der Waals surface area contributed by atoms with Crippen LogP contribution in [0.15, 0.2) is 29.2 Å². The van der Waals surface area contributed by atoms with Crippen molar-refractivity contribution in [1.82, 2.24) is 9.97 Å². The lowest BCUT2D eigenvalue weighted by atomic mass is 9.73. The molecule has 0 fully saturated rings. The summed E-state index contributed by atoms with van der Waals surface area (Å²) in [6.45, 7) is 0.415. The van der Waals surface area contributed by atoms with Crippen molar-refractivity contribution in [2.45, 2.75) is 37.9 Å². The molecule has 1 atom stereocenters. The van der Waals surface area contributed by atoms with E-state index >= 15 is 0 Å². The first-order chi connectivity index (χ1) is 10.7. The van der Waals surface area contributed by atoms with Gasteiger partial charge >= 0.3 is 5.69 Å². The van der Waals surface area contributed by atoms with Crippen LogP contribution in [0, 0.1) is 11.3 Å². The molecule has 1 aliphatic heterocycles. The number of hydrogen-bond donors (Lipinski definition) is 1. The van der Waals surface area contributed by atoms with E-state index in [0.29, 0.717) is 18.6 Å². The predicted octanol–water partition coefficient (Wildman–Crippen LogP) is 1.95. The van der Waals surface area contributed by atoms with Crippen molar-refractivity contribution in [2.75, 3.05) is 0 Å². The van der Waals surface area contributed by atoms with Gasteiger partial charge in [0.15, 0.2) is 0 Å². The third-order valence-corrected chi connectivity index (χ3v) is 4.70. The molecule has 0 saturated carbocycles. The second kappa shape index (κ2) is 4.79. The van der Waals surface area contributed by atoms with E-state index in [1.165, 1.54) is 5.56 Å². The highest BCUT2D eigenvalue weighted by Crippen LogP contribution is 2.45. The second-order valence-corrected chi connectivity index (χ2v) is 5.96. The Morgan fingerprint density at radius 2 is 2.27 bits per heavy atom. The molecule has 1 aromatic carbocycles. The second-order valence-electron chi connectivity index (χ2n) is 5.96. The summed E-state index contributed by atoms with van der Waals surface area (Å²) in [5, 5.41) is 9.47. The van der Waals surface area contributed by atoms with Crippen LogP contribution in [-0.2, 0) is 29.8 Å². The SMILES string of the molecule is N#Cc1cccc2c1C1(CCC2)Cc2[nH]c(=O)ncc2CO1. The summed E-state index contributed by atoms with van der Waals surface area (Å²) in [5.41, 5.74) is 3.84. The number of aromatic amines is 1. The molecule has 5 heteroatoms. The van der Waals surface area contributed by atoms with E-state index in [2.05, 4.69) is 22.1 Å². The fourth-order valence-corrected chi connectivity index (χ4v) is 3.74. The molecular weight excluding hydrogens is 278 g/mol. The molecule has 110 valence electrons. The summed E-state index contributed by atoms with van der Waals surface area (Å²) in [7, 11) is 0. The van der Waals surface area contributed by atoms with Crippen LogP contribution in [0.4, 0.5) is 0 Å². The van der Waals surface area contributed by atoms with Gasteiger partial charge in [0.1, 0.15) is 5.60 Å². The molecule has 1 aromatic heterocycles. The lowest BCUT2D eigenvalue weighted by Gasteiger charge is -2.42. The van der Waals surface area contributed by atoms with Crippen molar-refractivity contribution < 1.29 is 4.74 Å². The Kier molecular flexibility index (Phi) is 2.88. The molecule has 1 unspecified atom stereocenters. The standard InChI is InChI=1S/C17H15N3O2/c18-8-12-4-1-3-11-5-2-6-17(15(11)12)7-14-13(10-22-17)9-19-16(21)20-14/h1,3-4,9H,2,5-7,10H2,(H,19,20,21). The molecule has 4 rings (SSSR count). The zero-order chi connectivity index (χ0) is 15.2. The number of rotatable bonds is 0. The molecule has 1 N–H and O–H groups in total. The average molecular weight is 293 g/mol. The Balaban J connectivity index is 1.89. The first-order valence-electron chi connectivity index (χ1n) is 7.45. The van der Waals surface area contributed by atoms with Crippen LogP contribution in [0.5, 0.6) is 0 Å². The fraction of sp³-hybridized carbons (Fsp3) is 0.353. The van der Waals surface area contributed by atoms with Gasteiger partial charge in [-0.3, -0.25) is 0 Å². The van der Waals surface area contributed by atoms with Gasteiger partial charge in [-0.05, 0) is 30.9 Å². The zero-order valence-corrected chi connectivity index (χ0v) is 12.1. The van der Waals surface area contributed by atoms with E-state index in [-0.39, 0.29) is 5.69 Å². The number of benzene rings is 1. The number of nitrogens with one attached hydrogen (secondary N) is 1. The number of aryl methyl sites for hydroxylation is 1. The van der Waals surface area contributed by atoms with Gasteiger partial charge in [0, 0.05) is 29.4 Å². The molecule has 5 nitrogen and oxygen atoms in total. The molecule has 0 saturated heterocycles. The maximum Gasteiger partial charge on any atom is 0.345 e. The molecule has 22 heavy (non-hydrogen) atoms. The maximum absolute atomic E-state index is 11.5. The molecule has 0 bridgehead atoms. The summed E-state index contributed by atoms with van der Waals surface area (Å²) in [6.07, 6.45) is 5.03. The van der Waals surface area contributed by atoms with Crippen LogP contribution in [-0.4, -0.2) is 9.97 Å². The van der Waals surface area contributed by atoms with Crippen LogP contribution >= 0.6 is 0 Å². The minimum absolute atomic E-state index is 0.333. The lowest BCUT2D eigenvalue weighted by Crippen LogP contribution is -2.41. The van der Waals surface area contributed by atoms with Crippen LogP contribution in [0.1, 0.15) is 40.8 Å². The summed E-state index contributed by atoms with van der Waals surface area (Å²) >= 11 is 0. The Morgan fingerprint density at radius 3 is 3.14 bits per heavy atom. The van der Waals surface area contributed by atoms with Crippen LogP contribution < -0.4 is 5.69 Å². The first kappa shape index (κ1) is 13.2. The molecule has 2 aromatic rings. The third kappa shape index (κ3) is 1.88. The van der Waals surface area contributed by atoms with Gasteiger partial charge in [-0.25, -0.2) is 9.78 Å². The lowest BCUT2D eigenvalue weighted by molar-refractivity contribution is -0.0858. The summed E-state index contributed by atoms with van der Waals surface area (Å²) < 4.78 is 6.23. The van der Waals surface area contributed by atoms with Gasteiger partial charge in [-0.2, -0.15) is 5.26 Å². The Hall–Kier alpha value is -2.45. The van der Waals surface area contributed by atoms with E-state index < -0.39 is 5.60 Å². The average Bonchev–Trinajstić information content (AvgIpc) is 2.54. The van der Waals surface area contributed by atoms with E-state index in [1.807, 2.05) is 12.1 Å². The quantitative estimate of drug-likeness (QED) is 0.805. The van der Waals surface area contributed by atoms with Crippen molar-refractivity contribution in [3.8, 4) is 6.07 Å². The van der Waals surface area contributed by atoms with E-state index in [4.69, 9.17) is 4.74 Å². The largest absolute Gasteiger partial charge is 0.365 e.